The largest absolute Gasteiger partial charge is 0.354 e. The normalized spacial score (nSPS) is 17.5. The molecule has 0 bridgehead atoms. The van der Waals surface area contributed by atoms with Gasteiger partial charge in [0.25, 0.3) is 0 Å². The highest BCUT2D eigenvalue weighted by Gasteiger charge is 2.33. The summed E-state index contributed by atoms with van der Waals surface area (Å²) < 4.78 is 1.76. The molecule has 1 aliphatic heterocycles. The lowest BCUT2D eigenvalue weighted by atomic mass is 10.1. The number of carbonyl (C=O) groups is 2. The number of aromatic nitrogens is 3. The van der Waals surface area contributed by atoms with Gasteiger partial charge in [-0.1, -0.05) is 6.07 Å². The number of nitrogens with zero attached hydrogens (tertiary/aromatic N) is 4. The van der Waals surface area contributed by atoms with E-state index in [1.54, 1.807) is 28.2 Å². The third-order valence-electron chi connectivity index (χ3n) is 3.88. The second-order valence-electron chi connectivity index (χ2n) is 5.60. The number of nitrogens with one attached hydrogen (secondary N) is 1. The molecule has 3 rings (SSSR count). The zero-order valence-electron chi connectivity index (χ0n) is 12.8. The molecule has 7 nitrogen and oxygen atoms in total. The van der Waals surface area contributed by atoms with Crippen molar-refractivity contribution in [1.29, 1.82) is 0 Å². The van der Waals surface area contributed by atoms with Crippen LogP contribution >= 0.6 is 0 Å². The minimum atomic E-state index is -0.281. The quantitative estimate of drug-likeness (QED) is 0.839. The maximum Gasteiger partial charge on any atom is 0.225 e. The Bertz CT molecular complexity index is 656. The van der Waals surface area contributed by atoms with Crippen LogP contribution in [0.1, 0.15) is 12.0 Å². The standard InChI is InChI=1S/C16H19N5O2/c22-15-9-14(12-20(15)11-13-3-1-4-17-10-13)16(23)18-6-8-21-7-2-5-19-21/h1-5,7,10,14H,6,8-9,11-12H2,(H,18,23)/t14-/m1/s1. The minimum Gasteiger partial charge on any atom is -0.354 e. The van der Waals surface area contributed by atoms with Gasteiger partial charge in [-0.3, -0.25) is 19.3 Å². The molecule has 0 aliphatic carbocycles. The molecule has 1 atom stereocenters. The van der Waals surface area contributed by atoms with Crippen LogP contribution in [-0.4, -0.2) is 44.6 Å². The lowest BCUT2D eigenvalue weighted by Gasteiger charge is -2.16. The third-order valence-corrected chi connectivity index (χ3v) is 3.88. The summed E-state index contributed by atoms with van der Waals surface area (Å²) in [6.45, 7) is 2.09. The number of hydrogen-bond acceptors (Lipinski definition) is 4. The zero-order valence-corrected chi connectivity index (χ0v) is 12.8. The first kappa shape index (κ1) is 15.2. The minimum absolute atomic E-state index is 0.0149. The molecule has 1 N–H and O–H groups in total. The van der Waals surface area contributed by atoms with E-state index in [-0.39, 0.29) is 24.2 Å². The van der Waals surface area contributed by atoms with Crippen LogP contribution in [0.5, 0.6) is 0 Å². The van der Waals surface area contributed by atoms with Crippen molar-refractivity contribution in [2.24, 2.45) is 5.92 Å². The Labute approximate surface area is 134 Å². The number of hydrogen-bond donors (Lipinski definition) is 1. The summed E-state index contributed by atoms with van der Waals surface area (Å²) in [6, 6.07) is 5.61. The molecule has 2 aromatic rings. The Morgan fingerprint density at radius 1 is 1.35 bits per heavy atom. The van der Waals surface area contributed by atoms with Gasteiger partial charge >= 0.3 is 0 Å². The molecule has 0 saturated carbocycles. The molecule has 120 valence electrons. The van der Waals surface area contributed by atoms with E-state index < -0.39 is 0 Å². The molecular formula is C16H19N5O2. The van der Waals surface area contributed by atoms with Crippen LogP contribution in [0.4, 0.5) is 0 Å². The maximum atomic E-state index is 12.2. The fourth-order valence-corrected chi connectivity index (χ4v) is 2.68. The van der Waals surface area contributed by atoms with E-state index in [0.717, 1.165) is 5.56 Å². The van der Waals surface area contributed by atoms with E-state index in [1.165, 1.54) is 0 Å². The Morgan fingerprint density at radius 2 is 2.26 bits per heavy atom. The topological polar surface area (TPSA) is 80.1 Å². The van der Waals surface area contributed by atoms with E-state index in [1.807, 2.05) is 24.4 Å². The van der Waals surface area contributed by atoms with Crippen LogP contribution in [0.2, 0.25) is 0 Å². The highest BCUT2D eigenvalue weighted by Crippen LogP contribution is 2.20. The summed E-state index contributed by atoms with van der Waals surface area (Å²) >= 11 is 0. The van der Waals surface area contributed by atoms with Gasteiger partial charge in [-0.25, -0.2) is 0 Å². The molecule has 0 spiro atoms. The maximum absolute atomic E-state index is 12.2. The van der Waals surface area contributed by atoms with Crippen molar-refractivity contribution in [3.63, 3.8) is 0 Å². The van der Waals surface area contributed by atoms with Gasteiger partial charge in [0.1, 0.15) is 0 Å². The molecule has 1 saturated heterocycles. The molecule has 0 aromatic carbocycles. The van der Waals surface area contributed by atoms with Crippen molar-refractivity contribution in [3.8, 4) is 0 Å². The molecule has 0 unspecified atom stereocenters. The average molecular weight is 313 g/mol. The third kappa shape index (κ3) is 3.94. The van der Waals surface area contributed by atoms with Crippen LogP contribution < -0.4 is 5.32 Å². The second kappa shape index (κ2) is 7.04. The van der Waals surface area contributed by atoms with Crippen molar-refractivity contribution in [1.82, 2.24) is 25.0 Å². The molecule has 1 fully saturated rings. The van der Waals surface area contributed by atoms with Crippen LogP contribution in [0, 0.1) is 5.92 Å². The SMILES string of the molecule is O=C(NCCn1cccn1)[C@@H]1CC(=O)N(Cc2cccnc2)C1. The van der Waals surface area contributed by atoms with Gasteiger partial charge in [-0.15, -0.1) is 0 Å². The van der Waals surface area contributed by atoms with Crippen molar-refractivity contribution in [3.05, 3.63) is 48.5 Å². The van der Waals surface area contributed by atoms with E-state index in [4.69, 9.17) is 0 Å². The molecule has 23 heavy (non-hydrogen) atoms. The lowest BCUT2D eigenvalue weighted by molar-refractivity contribution is -0.129. The first-order chi connectivity index (χ1) is 11.2. The second-order valence-corrected chi connectivity index (χ2v) is 5.60. The van der Waals surface area contributed by atoms with E-state index in [9.17, 15) is 9.59 Å². The van der Waals surface area contributed by atoms with Crippen LogP contribution in [-0.2, 0) is 22.7 Å². The number of amides is 2. The lowest BCUT2D eigenvalue weighted by Crippen LogP contribution is -2.34. The highest BCUT2D eigenvalue weighted by molar-refractivity contribution is 5.89. The van der Waals surface area contributed by atoms with Crippen LogP contribution in [0.3, 0.4) is 0 Å². The van der Waals surface area contributed by atoms with Gasteiger partial charge in [-0.05, 0) is 17.7 Å². The van der Waals surface area contributed by atoms with Crippen LogP contribution in [0.25, 0.3) is 0 Å². The first-order valence-corrected chi connectivity index (χ1v) is 7.64. The summed E-state index contributed by atoms with van der Waals surface area (Å²) in [7, 11) is 0. The predicted octanol–water partition coefficient (Wildman–Crippen LogP) is 0.443. The van der Waals surface area contributed by atoms with Gasteiger partial charge in [0.2, 0.25) is 11.8 Å². The van der Waals surface area contributed by atoms with Crippen molar-refractivity contribution in [2.75, 3.05) is 13.1 Å². The van der Waals surface area contributed by atoms with Crippen LogP contribution in [0.15, 0.2) is 43.0 Å². The number of pyridine rings is 1. The number of rotatable bonds is 6. The van der Waals surface area contributed by atoms with Gasteiger partial charge in [0.05, 0.1) is 12.5 Å². The van der Waals surface area contributed by atoms with Gasteiger partial charge in [-0.2, -0.15) is 5.10 Å². The molecule has 7 heteroatoms. The van der Waals surface area contributed by atoms with E-state index >= 15 is 0 Å². The van der Waals surface area contributed by atoms with Gasteiger partial charge < -0.3 is 10.2 Å². The predicted molar refractivity (Wildman–Crippen MR) is 83.0 cm³/mol. The Balaban J connectivity index is 1.47. The molecule has 2 aromatic heterocycles. The molecular weight excluding hydrogens is 294 g/mol. The Hall–Kier alpha value is -2.70. The molecule has 2 amide bonds. The Morgan fingerprint density at radius 3 is 3.00 bits per heavy atom. The van der Waals surface area contributed by atoms with Crippen molar-refractivity contribution < 1.29 is 9.59 Å². The van der Waals surface area contributed by atoms with Gasteiger partial charge in [0, 0.05) is 50.8 Å². The monoisotopic (exact) mass is 313 g/mol. The zero-order chi connectivity index (χ0) is 16.1. The van der Waals surface area contributed by atoms with Gasteiger partial charge in [0.15, 0.2) is 0 Å². The van der Waals surface area contributed by atoms with Crippen molar-refractivity contribution in [2.45, 2.75) is 19.5 Å². The molecule has 1 aliphatic rings. The first-order valence-electron chi connectivity index (χ1n) is 7.64. The van der Waals surface area contributed by atoms with Crippen molar-refractivity contribution >= 4 is 11.8 Å². The summed E-state index contributed by atoms with van der Waals surface area (Å²) in [6.07, 6.45) is 7.26. The summed E-state index contributed by atoms with van der Waals surface area (Å²) in [4.78, 5) is 30.0. The summed E-state index contributed by atoms with van der Waals surface area (Å²) in [5.74, 6) is -0.336. The molecule has 0 radical (unpaired) electrons. The average Bonchev–Trinajstić information content (AvgIpc) is 3.19. The fourth-order valence-electron chi connectivity index (χ4n) is 2.68. The fraction of sp³-hybridized carbons (Fsp3) is 0.375. The Kier molecular flexibility index (Phi) is 4.65. The number of carbonyl (C=O) groups excluding carboxylic acids is 2. The smallest absolute Gasteiger partial charge is 0.225 e. The number of likely N-dealkylation sites (tertiary alicyclic amines) is 1. The highest BCUT2D eigenvalue weighted by atomic mass is 16.2. The van der Waals surface area contributed by atoms with E-state index in [2.05, 4.69) is 15.4 Å². The summed E-state index contributed by atoms with van der Waals surface area (Å²) in [5.41, 5.74) is 0.973. The molecule has 3 heterocycles. The van der Waals surface area contributed by atoms with E-state index in [0.29, 0.717) is 26.2 Å². The summed E-state index contributed by atoms with van der Waals surface area (Å²) in [5, 5.41) is 6.96.